The molecule has 1 aliphatic heterocycles. The van der Waals surface area contributed by atoms with Gasteiger partial charge >= 0.3 is 0 Å². The molecule has 0 amide bonds. The van der Waals surface area contributed by atoms with Crippen molar-refractivity contribution in [3.63, 3.8) is 0 Å². The number of halogens is 3. The summed E-state index contributed by atoms with van der Waals surface area (Å²) < 4.78 is 17.0. The molecule has 2 bridgehead atoms. The zero-order valence-corrected chi connectivity index (χ0v) is 15.0. The molecule has 1 aromatic rings. The third-order valence-corrected chi connectivity index (χ3v) is 6.20. The molecular formula is C14H16Br2FN3O2. The summed E-state index contributed by atoms with van der Waals surface area (Å²) in [6, 6.07) is 1.66. The summed E-state index contributed by atoms with van der Waals surface area (Å²) >= 11 is 6.88. The van der Waals surface area contributed by atoms with Gasteiger partial charge < -0.3 is 0 Å². The van der Waals surface area contributed by atoms with E-state index < -0.39 is 11.9 Å². The molecule has 1 aromatic heterocycles. The topological polar surface area (TPSA) is 59.3 Å². The van der Waals surface area contributed by atoms with Gasteiger partial charge in [0.25, 0.3) is 0 Å². The van der Waals surface area contributed by atoms with E-state index in [0.717, 1.165) is 25.9 Å². The standard InChI is InChI=1S/C14H16Br2FN3O2/c15-11-3-4-18-14(17)13(11)10(7-20(21)22)12-8-1-2-9(12)6-19(16)5-8/h3-4,8-10,12H,1-2,5-7H2/t8-,9+,10?,12?. The largest absolute Gasteiger partial charge is 0.265 e. The zero-order chi connectivity index (χ0) is 15.9. The summed E-state index contributed by atoms with van der Waals surface area (Å²) in [5.74, 6) is -0.183. The van der Waals surface area contributed by atoms with Gasteiger partial charge in [-0.1, -0.05) is 15.9 Å². The summed E-state index contributed by atoms with van der Waals surface area (Å²) in [4.78, 5) is 14.6. The first-order valence-corrected chi connectivity index (χ1v) is 8.80. The summed E-state index contributed by atoms with van der Waals surface area (Å²) in [6.45, 7) is 1.46. The lowest BCUT2D eigenvalue weighted by molar-refractivity contribution is -0.485. The van der Waals surface area contributed by atoms with E-state index in [4.69, 9.17) is 0 Å². The molecule has 1 saturated carbocycles. The van der Waals surface area contributed by atoms with E-state index in [1.807, 2.05) is 0 Å². The van der Waals surface area contributed by atoms with E-state index in [9.17, 15) is 14.5 Å². The quantitative estimate of drug-likeness (QED) is 0.313. The Morgan fingerprint density at radius 1 is 1.45 bits per heavy atom. The minimum Gasteiger partial charge on any atom is -0.265 e. The van der Waals surface area contributed by atoms with Crippen molar-refractivity contribution >= 4 is 32.1 Å². The Balaban J connectivity index is 1.99. The van der Waals surface area contributed by atoms with Crippen LogP contribution in [0.3, 0.4) is 0 Å². The number of fused-ring (bicyclic) bond motifs is 2. The van der Waals surface area contributed by atoms with Crippen molar-refractivity contribution in [1.82, 2.24) is 8.91 Å². The first-order chi connectivity index (χ1) is 10.5. The number of nitro groups is 1. The summed E-state index contributed by atoms with van der Waals surface area (Å²) in [7, 11) is 0. The fourth-order valence-corrected chi connectivity index (χ4v) is 5.51. The van der Waals surface area contributed by atoms with Crippen molar-refractivity contribution < 1.29 is 9.31 Å². The molecule has 8 heteroatoms. The summed E-state index contributed by atoms with van der Waals surface area (Å²) in [6.07, 6.45) is 3.47. The van der Waals surface area contributed by atoms with Crippen molar-refractivity contribution in [3.8, 4) is 0 Å². The van der Waals surface area contributed by atoms with Gasteiger partial charge in [0, 0.05) is 50.4 Å². The highest BCUT2D eigenvalue weighted by atomic mass is 79.9. The molecule has 0 aromatic carbocycles. The minimum absolute atomic E-state index is 0.134. The third kappa shape index (κ3) is 3.05. The van der Waals surface area contributed by atoms with Gasteiger partial charge in [0.15, 0.2) is 0 Å². The second-order valence-corrected chi connectivity index (χ2v) is 7.98. The van der Waals surface area contributed by atoms with Crippen LogP contribution in [0.5, 0.6) is 0 Å². The molecular weight excluding hydrogens is 421 g/mol. The second-order valence-electron chi connectivity index (χ2n) is 6.12. The van der Waals surface area contributed by atoms with Crippen molar-refractivity contribution in [2.75, 3.05) is 19.6 Å². The van der Waals surface area contributed by atoms with Gasteiger partial charge in [-0.15, -0.1) is 0 Å². The Hall–Kier alpha value is -0.600. The van der Waals surface area contributed by atoms with Gasteiger partial charge in [-0.2, -0.15) is 4.39 Å². The number of rotatable bonds is 4. The monoisotopic (exact) mass is 435 g/mol. The maximum Gasteiger partial charge on any atom is 0.217 e. The molecule has 2 aliphatic rings. The van der Waals surface area contributed by atoms with Crippen LogP contribution in [0, 0.1) is 33.8 Å². The molecule has 1 saturated heterocycles. The van der Waals surface area contributed by atoms with Crippen molar-refractivity contribution in [1.29, 1.82) is 0 Å². The molecule has 120 valence electrons. The van der Waals surface area contributed by atoms with Crippen molar-refractivity contribution in [2.24, 2.45) is 17.8 Å². The fraction of sp³-hybridized carbons (Fsp3) is 0.643. The first-order valence-electron chi connectivity index (χ1n) is 7.29. The number of hydrogen-bond acceptors (Lipinski definition) is 4. The molecule has 2 fully saturated rings. The lowest BCUT2D eigenvalue weighted by Crippen LogP contribution is -2.41. The Labute approximate surface area is 144 Å². The lowest BCUT2D eigenvalue weighted by atomic mass is 9.74. The van der Waals surface area contributed by atoms with Gasteiger partial charge in [0.2, 0.25) is 12.5 Å². The Morgan fingerprint density at radius 3 is 2.64 bits per heavy atom. The van der Waals surface area contributed by atoms with E-state index in [1.54, 1.807) is 6.07 Å². The van der Waals surface area contributed by atoms with Crippen LogP contribution < -0.4 is 0 Å². The molecule has 2 unspecified atom stereocenters. The Morgan fingerprint density at radius 2 is 2.09 bits per heavy atom. The van der Waals surface area contributed by atoms with E-state index >= 15 is 0 Å². The van der Waals surface area contributed by atoms with Crippen LogP contribution in [0.15, 0.2) is 16.7 Å². The summed E-state index contributed by atoms with van der Waals surface area (Å²) in [5, 5.41) is 11.2. The number of hydrogen-bond donors (Lipinski definition) is 0. The Bertz CT molecular complexity index is 555. The maximum atomic E-state index is 14.3. The highest BCUT2D eigenvalue weighted by Crippen LogP contribution is 2.50. The van der Waals surface area contributed by atoms with E-state index in [0.29, 0.717) is 21.9 Å². The number of pyridine rings is 1. The van der Waals surface area contributed by atoms with Gasteiger partial charge in [-0.25, -0.2) is 8.91 Å². The van der Waals surface area contributed by atoms with Gasteiger partial charge in [0.1, 0.15) is 0 Å². The lowest BCUT2D eigenvalue weighted by Gasteiger charge is -2.38. The normalized spacial score (nSPS) is 29.5. The predicted molar refractivity (Wildman–Crippen MR) is 86.7 cm³/mol. The van der Waals surface area contributed by atoms with Crippen LogP contribution in [-0.2, 0) is 0 Å². The smallest absolute Gasteiger partial charge is 0.217 e. The SMILES string of the molecule is O=[N+]([O-])CC(c1c(Br)ccnc1F)C1[C@@H]2CC[C@H]1CN(Br)C2. The summed E-state index contributed by atoms with van der Waals surface area (Å²) in [5.41, 5.74) is 0.365. The molecule has 2 heterocycles. The van der Waals surface area contributed by atoms with E-state index in [-0.39, 0.29) is 17.4 Å². The first kappa shape index (κ1) is 16.3. The Kier molecular flexibility index (Phi) is 4.80. The number of piperidine rings is 1. The van der Waals surface area contributed by atoms with E-state index in [2.05, 4.69) is 41.0 Å². The van der Waals surface area contributed by atoms with Crippen molar-refractivity contribution in [3.05, 3.63) is 38.4 Å². The maximum absolute atomic E-state index is 14.3. The van der Waals surface area contributed by atoms with Crippen LogP contribution >= 0.6 is 32.1 Å². The number of nitrogens with zero attached hydrogens (tertiary/aromatic N) is 3. The van der Waals surface area contributed by atoms with Crippen LogP contribution in [0.2, 0.25) is 0 Å². The highest BCUT2D eigenvalue weighted by Gasteiger charge is 2.48. The third-order valence-electron chi connectivity index (χ3n) is 4.93. The predicted octanol–water partition coefficient (Wildman–Crippen LogP) is 3.61. The van der Waals surface area contributed by atoms with Gasteiger partial charge in [-0.3, -0.25) is 10.1 Å². The molecule has 0 spiro atoms. The van der Waals surface area contributed by atoms with Gasteiger partial charge in [-0.05, 0) is 36.7 Å². The molecule has 22 heavy (non-hydrogen) atoms. The van der Waals surface area contributed by atoms with Crippen LogP contribution in [0.25, 0.3) is 0 Å². The van der Waals surface area contributed by atoms with E-state index in [1.165, 1.54) is 6.20 Å². The molecule has 4 atom stereocenters. The fourth-order valence-electron chi connectivity index (χ4n) is 4.19. The molecule has 1 aliphatic carbocycles. The molecule has 0 N–H and O–H groups in total. The van der Waals surface area contributed by atoms with Gasteiger partial charge in [0.05, 0.1) is 5.92 Å². The van der Waals surface area contributed by atoms with Crippen LogP contribution in [0.1, 0.15) is 24.3 Å². The van der Waals surface area contributed by atoms with Crippen molar-refractivity contribution in [2.45, 2.75) is 18.8 Å². The second kappa shape index (κ2) is 6.49. The zero-order valence-electron chi connectivity index (χ0n) is 11.8. The molecule has 3 rings (SSSR count). The van der Waals surface area contributed by atoms with Crippen LogP contribution in [-0.4, -0.2) is 33.5 Å². The molecule has 5 nitrogen and oxygen atoms in total. The average Bonchev–Trinajstić information content (AvgIpc) is 2.69. The van der Waals surface area contributed by atoms with Crippen LogP contribution in [0.4, 0.5) is 4.39 Å². The average molecular weight is 437 g/mol. The minimum atomic E-state index is -0.595. The number of aromatic nitrogens is 1. The molecule has 0 radical (unpaired) electrons. The highest BCUT2D eigenvalue weighted by molar-refractivity contribution is 9.10.